The molecule has 4 aromatic heterocycles. The molecule has 6 aromatic rings. The van der Waals surface area contributed by atoms with Crippen LogP contribution in [0, 0.1) is 0 Å². The highest BCUT2D eigenvalue weighted by atomic mass is 79.9. The summed E-state index contributed by atoms with van der Waals surface area (Å²) in [4.78, 5) is 23.2. The van der Waals surface area contributed by atoms with Crippen molar-refractivity contribution >= 4 is 46.0 Å². The van der Waals surface area contributed by atoms with E-state index in [0.717, 1.165) is 34.3 Å². The van der Waals surface area contributed by atoms with E-state index in [-0.39, 0.29) is 18.0 Å². The molecule has 0 saturated carbocycles. The van der Waals surface area contributed by atoms with Gasteiger partial charge in [-0.05, 0) is 97.1 Å². The SMILES string of the molecule is CC1(C)OB(Cc2cccc(C(F)(F)F)c2)OC1(C)C.COC(=O)c1cnn2cccc(Br)c12.COC(=O)c1cnn2cccc(Cc3cccc(C(F)(F)F)c3)c12. The first-order valence-corrected chi connectivity index (χ1v) is 18.4. The minimum atomic E-state index is -4.39. The highest BCUT2D eigenvalue weighted by Gasteiger charge is 2.50. The van der Waals surface area contributed by atoms with Crippen LogP contribution in [0.2, 0.25) is 0 Å². The number of nitrogens with zero attached hydrogens (tertiary/aromatic N) is 4. The van der Waals surface area contributed by atoms with Gasteiger partial charge >= 0.3 is 31.4 Å². The number of hydrogen-bond donors (Lipinski definition) is 0. The number of esters is 2. The Labute approximate surface area is 338 Å². The Morgan fingerprint density at radius 1 is 0.707 bits per heavy atom. The molecule has 1 aliphatic heterocycles. The molecule has 0 unspecified atom stereocenters. The first kappa shape index (κ1) is 43.9. The van der Waals surface area contributed by atoms with Crippen LogP contribution in [0.1, 0.15) is 76.2 Å². The van der Waals surface area contributed by atoms with Gasteiger partial charge in [-0.15, -0.1) is 0 Å². The van der Waals surface area contributed by atoms with E-state index in [1.807, 2.05) is 39.8 Å². The number of pyridine rings is 2. The Morgan fingerprint density at radius 2 is 1.17 bits per heavy atom. The number of carbonyl (C=O) groups excluding carboxylic acids is 2. The third-order valence-electron chi connectivity index (χ3n) is 9.53. The summed E-state index contributed by atoms with van der Waals surface area (Å²) in [6, 6.07) is 17.6. The molecular formula is C40H38BBrF6N4O6. The number of aromatic nitrogens is 4. The number of methoxy groups -OCH3 is 2. The van der Waals surface area contributed by atoms with Crippen molar-refractivity contribution in [2.75, 3.05) is 14.2 Å². The van der Waals surface area contributed by atoms with E-state index >= 15 is 0 Å². The second-order valence-corrected chi connectivity index (χ2v) is 14.9. The monoisotopic (exact) mass is 874 g/mol. The number of halogens is 7. The van der Waals surface area contributed by atoms with Gasteiger partial charge in [0.1, 0.15) is 11.1 Å². The number of carbonyl (C=O) groups is 2. The fourth-order valence-corrected chi connectivity index (χ4v) is 6.52. The zero-order valence-corrected chi connectivity index (χ0v) is 33.7. The van der Waals surface area contributed by atoms with E-state index in [4.69, 9.17) is 14.0 Å². The third kappa shape index (κ3) is 10.1. The maximum atomic E-state index is 12.9. The average molecular weight is 875 g/mol. The summed E-state index contributed by atoms with van der Waals surface area (Å²) >= 11 is 3.36. The Morgan fingerprint density at radius 3 is 1.69 bits per heavy atom. The largest absolute Gasteiger partial charge is 0.465 e. The lowest BCUT2D eigenvalue weighted by atomic mass is 9.80. The van der Waals surface area contributed by atoms with Crippen LogP contribution in [-0.2, 0) is 43.9 Å². The Balaban J connectivity index is 0.000000171. The topological polar surface area (TPSA) is 106 Å². The van der Waals surface area contributed by atoms with Crippen LogP contribution in [0.15, 0.2) is 102 Å². The molecule has 0 radical (unpaired) electrons. The van der Waals surface area contributed by atoms with Gasteiger partial charge in [-0.25, -0.2) is 18.6 Å². The molecule has 2 aromatic carbocycles. The maximum absolute atomic E-state index is 12.9. The molecule has 0 N–H and O–H groups in total. The van der Waals surface area contributed by atoms with Crippen LogP contribution >= 0.6 is 15.9 Å². The predicted octanol–water partition coefficient (Wildman–Crippen LogP) is 9.49. The molecule has 1 saturated heterocycles. The molecule has 0 bridgehead atoms. The second-order valence-electron chi connectivity index (χ2n) is 14.0. The minimum Gasteiger partial charge on any atom is -0.465 e. The lowest BCUT2D eigenvalue weighted by Crippen LogP contribution is -2.41. The Kier molecular flexibility index (Phi) is 13.1. The summed E-state index contributed by atoms with van der Waals surface area (Å²) in [5.74, 6) is -0.923. The zero-order valence-electron chi connectivity index (χ0n) is 32.1. The van der Waals surface area contributed by atoms with Gasteiger partial charge in [0.25, 0.3) is 0 Å². The van der Waals surface area contributed by atoms with E-state index in [2.05, 4.69) is 30.9 Å². The van der Waals surface area contributed by atoms with Crippen molar-refractivity contribution in [1.82, 2.24) is 19.2 Å². The van der Waals surface area contributed by atoms with E-state index in [1.54, 1.807) is 41.2 Å². The number of benzene rings is 2. The lowest BCUT2D eigenvalue weighted by Gasteiger charge is -2.32. The van der Waals surface area contributed by atoms with Crippen molar-refractivity contribution < 1.29 is 54.7 Å². The van der Waals surface area contributed by atoms with Gasteiger partial charge in [0, 0.05) is 23.2 Å². The van der Waals surface area contributed by atoms with Crippen molar-refractivity contribution in [1.29, 1.82) is 0 Å². The number of alkyl halides is 6. The van der Waals surface area contributed by atoms with Crippen molar-refractivity contribution in [3.63, 3.8) is 0 Å². The molecule has 1 fully saturated rings. The second kappa shape index (κ2) is 17.3. The minimum absolute atomic E-state index is 0.240. The van der Waals surface area contributed by atoms with Crippen molar-refractivity contribution in [2.45, 2.75) is 64.0 Å². The number of ether oxygens (including phenoxy) is 2. The van der Waals surface area contributed by atoms with Gasteiger partial charge in [-0.2, -0.15) is 36.5 Å². The van der Waals surface area contributed by atoms with Gasteiger partial charge in [-0.1, -0.05) is 42.5 Å². The number of rotatable bonds is 6. The lowest BCUT2D eigenvalue weighted by molar-refractivity contribution is -0.138. The normalized spacial score (nSPS) is 14.7. The summed E-state index contributed by atoms with van der Waals surface area (Å²) in [5, 5.41) is 8.12. The highest BCUT2D eigenvalue weighted by molar-refractivity contribution is 9.10. The van der Waals surface area contributed by atoms with Crippen molar-refractivity contribution in [2.24, 2.45) is 0 Å². The molecule has 306 valence electrons. The van der Waals surface area contributed by atoms with Crippen molar-refractivity contribution in [3.8, 4) is 0 Å². The van der Waals surface area contributed by atoms with Crippen LogP contribution < -0.4 is 0 Å². The zero-order chi connectivity index (χ0) is 42.6. The molecular weight excluding hydrogens is 837 g/mol. The third-order valence-corrected chi connectivity index (χ3v) is 10.2. The van der Waals surface area contributed by atoms with Crippen LogP contribution in [0.5, 0.6) is 0 Å². The molecule has 0 spiro atoms. The molecule has 7 rings (SSSR count). The summed E-state index contributed by atoms with van der Waals surface area (Å²) in [7, 11) is 2.09. The standard InChI is InChI=1S/C17H13F3N2O2.C14H18BF3O2.C9H7BrN2O2/c1-24-16(23)14-10-21-22-7-3-5-12(15(14)22)8-11-4-2-6-13(9-11)17(18,19)20;1-12(2)13(3,4)20-15(19-12)9-10-6-5-7-11(8-10)14(16,17)18;1-14-9(13)6-5-11-12-4-2-3-7(10)8(6)12/h2-7,9-10H,8H2,1H3;5-8H,9H2,1-4H3;2-5H,1H3. The molecule has 1 aliphatic rings. The first-order valence-electron chi connectivity index (χ1n) is 17.6. The van der Waals surface area contributed by atoms with Gasteiger partial charge < -0.3 is 18.8 Å². The molecule has 18 heteroatoms. The molecule has 58 heavy (non-hydrogen) atoms. The first-order chi connectivity index (χ1) is 27.1. The summed E-state index contributed by atoms with van der Waals surface area (Å²) in [6.45, 7) is 7.66. The van der Waals surface area contributed by atoms with Gasteiger partial charge in [0.15, 0.2) is 0 Å². The fraction of sp³-hybridized carbons (Fsp3) is 0.300. The van der Waals surface area contributed by atoms with E-state index < -0.39 is 47.8 Å². The maximum Gasteiger partial charge on any atom is 0.462 e. The van der Waals surface area contributed by atoms with Crippen LogP contribution in [0.4, 0.5) is 26.3 Å². The molecule has 0 atom stereocenters. The average Bonchev–Trinajstić information content (AvgIpc) is 3.85. The summed E-state index contributed by atoms with van der Waals surface area (Å²) in [6.07, 6.45) is -1.87. The summed E-state index contributed by atoms with van der Waals surface area (Å²) in [5.41, 5.74) is 1.43. The van der Waals surface area contributed by atoms with E-state index in [0.29, 0.717) is 34.1 Å². The molecule has 5 heterocycles. The Bertz CT molecular complexity index is 2400. The van der Waals surface area contributed by atoms with E-state index in [1.165, 1.54) is 43.3 Å². The Hall–Kier alpha value is -5.20. The molecule has 10 nitrogen and oxygen atoms in total. The van der Waals surface area contributed by atoms with Crippen molar-refractivity contribution in [3.05, 3.63) is 141 Å². The molecule has 0 amide bonds. The van der Waals surface area contributed by atoms with E-state index in [9.17, 15) is 35.9 Å². The van der Waals surface area contributed by atoms with Crippen LogP contribution in [-0.4, -0.2) is 63.7 Å². The van der Waals surface area contributed by atoms with Gasteiger partial charge in [0.05, 0.1) is 60.0 Å². The smallest absolute Gasteiger partial charge is 0.462 e. The highest BCUT2D eigenvalue weighted by Crippen LogP contribution is 2.38. The number of hydrogen-bond acceptors (Lipinski definition) is 8. The van der Waals surface area contributed by atoms with Gasteiger partial charge in [0.2, 0.25) is 0 Å². The quantitative estimate of drug-likeness (QED) is 0.0927. The predicted molar refractivity (Wildman–Crippen MR) is 206 cm³/mol. The van der Waals surface area contributed by atoms with Crippen LogP contribution in [0.3, 0.4) is 0 Å². The summed E-state index contributed by atoms with van der Waals surface area (Å²) < 4.78 is 101. The molecule has 0 aliphatic carbocycles. The fourth-order valence-electron chi connectivity index (χ4n) is 5.97. The van der Waals surface area contributed by atoms with Crippen LogP contribution in [0.25, 0.3) is 11.0 Å². The van der Waals surface area contributed by atoms with Gasteiger partial charge in [-0.3, -0.25) is 0 Å². The number of fused-ring (bicyclic) bond motifs is 2.